The average molecular weight is 397 g/mol. The first-order valence-electron chi connectivity index (χ1n) is 8.59. The van der Waals surface area contributed by atoms with E-state index >= 15 is 0 Å². The maximum absolute atomic E-state index is 13.2. The van der Waals surface area contributed by atoms with Crippen molar-refractivity contribution in [2.75, 3.05) is 26.2 Å². The van der Waals surface area contributed by atoms with Gasteiger partial charge in [-0.3, -0.25) is 9.59 Å². The van der Waals surface area contributed by atoms with Crippen LogP contribution in [0, 0.1) is 11.7 Å². The Hall–Kier alpha value is -1.43. The van der Waals surface area contributed by atoms with Gasteiger partial charge < -0.3 is 9.80 Å². The number of carbonyl (C=O) groups is 2. The number of hydrogen-bond donors (Lipinski definition) is 0. The number of likely N-dealkylation sites (tertiary alicyclic amines) is 2. The van der Waals surface area contributed by atoms with Gasteiger partial charge in [0, 0.05) is 36.6 Å². The molecule has 2 heterocycles. The summed E-state index contributed by atoms with van der Waals surface area (Å²) < 4.78 is 13.6. The second kappa shape index (κ2) is 7.64. The van der Waals surface area contributed by atoms with Crippen molar-refractivity contribution >= 4 is 27.7 Å². The Labute approximate surface area is 150 Å². The molecule has 2 aliphatic heterocycles. The topological polar surface area (TPSA) is 40.6 Å². The molecule has 2 amide bonds. The zero-order chi connectivity index (χ0) is 17.1. The number of nitrogens with zero attached hydrogens (tertiary/aromatic N) is 2. The lowest BCUT2D eigenvalue weighted by Crippen LogP contribution is -2.45. The third-order valence-corrected chi connectivity index (χ3v) is 5.62. The molecule has 0 radical (unpaired) electrons. The number of rotatable bonds is 2. The Kier molecular flexibility index (Phi) is 5.54. The summed E-state index contributed by atoms with van der Waals surface area (Å²) in [5.74, 6) is -0.191. The quantitative estimate of drug-likeness (QED) is 0.767. The molecule has 0 bridgehead atoms. The van der Waals surface area contributed by atoms with E-state index in [1.165, 1.54) is 24.6 Å². The summed E-state index contributed by atoms with van der Waals surface area (Å²) in [6.07, 6.45) is 4.83. The number of hydrogen-bond acceptors (Lipinski definition) is 2. The second-order valence-electron chi connectivity index (χ2n) is 6.58. The van der Waals surface area contributed by atoms with E-state index in [1.807, 2.05) is 4.90 Å². The smallest absolute Gasteiger partial charge is 0.255 e. The molecule has 0 N–H and O–H groups in total. The summed E-state index contributed by atoms with van der Waals surface area (Å²) in [5.41, 5.74) is 0.470. The molecule has 0 saturated carbocycles. The third-order valence-electron chi connectivity index (χ3n) is 4.96. The standard InChI is InChI=1S/C18H22BrFN2O2/c19-16-12-14(20)4-5-15(16)18(24)22-10-6-13(7-11-22)17(23)21-8-2-1-3-9-21/h4-5,12-13H,1-3,6-11H2. The van der Waals surface area contributed by atoms with E-state index in [4.69, 9.17) is 0 Å². The Bertz CT molecular complexity index is 623. The highest BCUT2D eigenvalue weighted by Gasteiger charge is 2.31. The first kappa shape index (κ1) is 17.4. The van der Waals surface area contributed by atoms with Gasteiger partial charge in [-0.1, -0.05) is 0 Å². The SMILES string of the molecule is O=C(c1ccc(F)cc1Br)N1CCC(C(=O)N2CCCCC2)CC1. The van der Waals surface area contributed by atoms with Crippen LogP contribution >= 0.6 is 15.9 Å². The molecular formula is C18H22BrFN2O2. The van der Waals surface area contributed by atoms with Crippen molar-refractivity contribution in [1.29, 1.82) is 0 Å². The normalized spacial score (nSPS) is 19.4. The van der Waals surface area contributed by atoms with Gasteiger partial charge in [0.1, 0.15) is 5.82 Å². The zero-order valence-electron chi connectivity index (χ0n) is 13.6. The van der Waals surface area contributed by atoms with Gasteiger partial charge in [0.05, 0.1) is 5.56 Å². The summed E-state index contributed by atoms with van der Waals surface area (Å²) in [4.78, 5) is 28.9. The van der Waals surface area contributed by atoms with E-state index in [0.29, 0.717) is 36.0 Å². The molecule has 130 valence electrons. The van der Waals surface area contributed by atoms with Crippen LogP contribution in [0.4, 0.5) is 4.39 Å². The van der Waals surface area contributed by atoms with Crippen LogP contribution in [0.2, 0.25) is 0 Å². The molecular weight excluding hydrogens is 375 g/mol. The molecule has 2 saturated heterocycles. The highest BCUT2D eigenvalue weighted by molar-refractivity contribution is 9.10. The van der Waals surface area contributed by atoms with Gasteiger partial charge in [-0.05, 0) is 66.2 Å². The molecule has 1 aromatic rings. The molecule has 2 aliphatic rings. The fraction of sp³-hybridized carbons (Fsp3) is 0.556. The van der Waals surface area contributed by atoms with Crippen LogP contribution in [0.25, 0.3) is 0 Å². The molecule has 1 aromatic carbocycles. The fourth-order valence-corrected chi connectivity index (χ4v) is 4.06. The molecule has 2 fully saturated rings. The molecule has 24 heavy (non-hydrogen) atoms. The van der Waals surface area contributed by atoms with E-state index < -0.39 is 0 Å². The summed E-state index contributed by atoms with van der Waals surface area (Å²) in [6.45, 7) is 2.90. The van der Waals surface area contributed by atoms with Gasteiger partial charge >= 0.3 is 0 Å². The number of halogens is 2. The Morgan fingerprint density at radius 1 is 1.00 bits per heavy atom. The van der Waals surface area contributed by atoms with Crippen molar-refractivity contribution in [3.05, 3.63) is 34.1 Å². The van der Waals surface area contributed by atoms with Gasteiger partial charge in [0.25, 0.3) is 5.91 Å². The number of piperidine rings is 2. The maximum Gasteiger partial charge on any atom is 0.255 e. The number of amides is 2. The van der Waals surface area contributed by atoms with Gasteiger partial charge in [0.15, 0.2) is 0 Å². The van der Waals surface area contributed by atoms with Crippen LogP contribution in [0.5, 0.6) is 0 Å². The van der Waals surface area contributed by atoms with E-state index in [0.717, 1.165) is 25.9 Å². The van der Waals surface area contributed by atoms with Crippen LogP contribution in [0.3, 0.4) is 0 Å². The number of carbonyl (C=O) groups excluding carboxylic acids is 2. The van der Waals surface area contributed by atoms with Gasteiger partial charge in [0.2, 0.25) is 5.91 Å². The highest BCUT2D eigenvalue weighted by atomic mass is 79.9. The van der Waals surface area contributed by atoms with Crippen LogP contribution in [0.15, 0.2) is 22.7 Å². The van der Waals surface area contributed by atoms with Crippen LogP contribution in [0.1, 0.15) is 42.5 Å². The molecule has 0 aromatic heterocycles. The van der Waals surface area contributed by atoms with Crippen molar-refractivity contribution in [1.82, 2.24) is 9.80 Å². The van der Waals surface area contributed by atoms with E-state index in [2.05, 4.69) is 15.9 Å². The third kappa shape index (κ3) is 3.79. The van der Waals surface area contributed by atoms with E-state index in [9.17, 15) is 14.0 Å². The first-order chi connectivity index (χ1) is 11.6. The summed E-state index contributed by atoms with van der Waals surface area (Å²) in [6, 6.07) is 4.11. The van der Waals surface area contributed by atoms with Crippen molar-refractivity contribution in [2.45, 2.75) is 32.1 Å². The Balaban J connectivity index is 1.58. The number of benzene rings is 1. The molecule has 0 spiro atoms. The van der Waals surface area contributed by atoms with Crippen molar-refractivity contribution in [3.8, 4) is 0 Å². The van der Waals surface area contributed by atoms with Gasteiger partial charge in [-0.15, -0.1) is 0 Å². The van der Waals surface area contributed by atoms with Crippen LogP contribution in [-0.4, -0.2) is 47.8 Å². The molecule has 0 aliphatic carbocycles. The van der Waals surface area contributed by atoms with Gasteiger partial charge in [-0.25, -0.2) is 4.39 Å². The minimum absolute atomic E-state index is 0.0313. The van der Waals surface area contributed by atoms with Gasteiger partial charge in [-0.2, -0.15) is 0 Å². The summed E-state index contributed by atoms with van der Waals surface area (Å²) in [7, 11) is 0. The second-order valence-corrected chi connectivity index (χ2v) is 7.43. The lowest BCUT2D eigenvalue weighted by atomic mass is 9.94. The lowest BCUT2D eigenvalue weighted by Gasteiger charge is -2.35. The minimum atomic E-state index is -0.371. The minimum Gasteiger partial charge on any atom is -0.342 e. The average Bonchev–Trinajstić information content (AvgIpc) is 2.61. The first-order valence-corrected chi connectivity index (χ1v) is 9.38. The lowest BCUT2D eigenvalue weighted by molar-refractivity contribution is -0.137. The Morgan fingerprint density at radius 2 is 1.67 bits per heavy atom. The van der Waals surface area contributed by atoms with Crippen molar-refractivity contribution in [2.24, 2.45) is 5.92 Å². The van der Waals surface area contributed by atoms with Crippen LogP contribution in [-0.2, 0) is 4.79 Å². The van der Waals surface area contributed by atoms with Crippen LogP contribution < -0.4 is 0 Å². The van der Waals surface area contributed by atoms with Crippen molar-refractivity contribution in [3.63, 3.8) is 0 Å². The summed E-state index contributed by atoms with van der Waals surface area (Å²) in [5, 5.41) is 0. The monoisotopic (exact) mass is 396 g/mol. The Morgan fingerprint density at radius 3 is 2.29 bits per heavy atom. The predicted molar refractivity (Wildman–Crippen MR) is 93.2 cm³/mol. The fourth-order valence-electron chi connectivity index (χ4n) is 3.54. The van der Waals surface area contributed by atoms with E-state index in [-0.39, 0.29) is 23.5 Å². The molecule has 0 atom stereocenters. The predicted octanol–water partition coefficient (Wildman–Crippen LogP) is 3.45. The maximum atomic E-state index is 13.2. The zero-order valence-corrected chi connectivity index (χ0v) is 15.2. The van der Waals surface area contributed by atoms with E-state index in [1.54, 1.807) is 4.90 Å². The molecule has 3 rings (SSSR count). The molecule has 4 nitrogen and oxygen atoms in total. The molecule has 6 heteroatoms. The molecule has 0 unspecified atom stereocenters. The highest BCUT2D eigenvalue weighted by Crippen LogP contribution is 2.25. The largest absolute Gasteiger partial charge is 0.342 e. The summed E-state index contributed by atoms with van der Waals surface area (Å²) >= 11 is 3.25. The van der Waals surface area contributed by atoms with Crippen molar-refractivity contribution < 1.29 is 14.0 Å².